The molecule has 0 heterocycles. The Labute approximate surface area is 119 Å². The Morgan fingerprint density at radius 3 is 2.53 bits per heavy atom. The van der Waals surface area contributed by atoms with Crippen LogP contribution in [-0.2, 0) is 10.0 Å². The molecule has 1 rings (SSSR count). The Kier molecular flexibility index (Phi) is 6.51. The molecule has 2 N–H and O–H groups in total. The summed E-state index contributed by atoms with van der Waals surface area (Å²) in [6.45, 7) is 1.83. The van der Waals surface area contributed by atoms with Crippen LogP contribution in [0.25, 0.3) is 6.08 Å². The average molecular weight is 304 g/mol. The van der Waals surface area contributed by atoms with E-state index in [9.17, 15) is 8.42 Å². The molecular weight excluding hydrogens is 286 g/mol. The van der Waals surface area contributed by atoms with Crippen molar-refractivity contribution in [3.8, 4) is 0 Å². The van der Waals surface area contributed by atoms with Crippen LogP contribution in [0.2, 0.25) is 5.02 Å². The predicted octanol–water partition coefficient (Wildman–Crippen LogP) is 2.39. The lowest BCUT2D eigenvalue weighted by molar-refractivity contribution is 0.270. The molecule has 1 atom stereocenters. The topological polar surface area (TPSA) is 66.4 Å². The largest absolute Gasteiger partial charge is 0.396 e. The highest BCUT2D eigenvalue weighted by Crippen LogP contribution is 2.11. The number of benzene rings is 1. The quantitative estimate of drug-likeness (QED) is 0.813. The summed E-state index contributed by atoms with van der Waals surface area (Å²) in [5.41, 5.74) is 0.755. The summed E-state index contributed by atoms with van der Waals surface area (Å²) in [7, 11) is -3.50. The minimum absolute atomic E-state index is 0.0398. The van der Waals surface area contributed by atoms with Crippen molar-refractivity contribution in [1.82, 2.24) is 4.72 Å². The summed E-state index contributed by atoms with van der Waals surface area (Å²) < 4.78 is 26.1. The van der Waals surface area contributed by atoms with Crippen molar-refractivity contribution in [3.05, 3.63) is 40.3 Å². The molecule has 1 aromatic rings. The van der Waals surface area contributed by atoms with E-state index in [1.807, 2.05) is 6.92 Å². The summed E-state index contributed by atoms with van der Waals surface area (Å²) >= 11 is 5.75. The van der Waals surface area contributed by atoms with Crippen LogP contribution in [0.1, 0.15) is 25.3 Å². The first kappa shape index (κ1) is 16.2. The molecule has 1 aromatic carbocycles. The number of nitrogens with one attached hydrogen (secondary N) is 1. The van der Waals surface area contributed by atoms with Crippen LogP contribution in [0.5, 0.6) is 0 Å². The summed E-state index contributed by atoms with van der Waals surface area (Å²) in [5.74, 6) is 0. The van der Waals surface area contributed by atoms with Gasteiger partial charge in [-0.25, -0.2) is 13.1 Å². The van der Waals surface area contributed by atoms with Crippen molar-refractivity contribution in [2.24, 2.45) is 0 Å². The standard InChI is InChI=1S/C13H18ClNO3S/c1-2-13(7-9-16)15-19(17,18)10-8-11-3-5-12(14)6-4-11/h3-6,8,10,13,15-16H,2,7,9H2,1H3/b10-8+. The molecule has 0 radical (unpaired) electrons. The predicted molar refractivity (Wildman–Crippen MR) is 78.3 cm³/mol. The Bertz CT molecular complexity index is 511. The zero-order chi connectivity index (χ0) is 14.3. The van der Waals surface area contributed by atoms with Gasteiger partial charge in [0.05, 0.1) is 0 Å². The number of halogens is 1. The molecule has 0 fully saturated rings. The molecule has 1 unspecified atom stereocenters. The Balaban J connectivity index is 2.70. The summed E-state index contributed by atoms with van der Waals surface area (Å²) in [6, 6.07) is 6.62. The zero-order valence-electron chi connectivity index (χ0n) is 10.7. The van der Waals surface area contributed by atoms with Crippen molar-refractivity contribution in [3.63, 3.8) is 0 Å². The lowest BCUT2D eigenvalue weighted by Crippen LogP contribution is -2.33. The molecule has 4 nitrogen and oxygen atoms in total. The van der Waals surface area contributed by atoms with Crippen molar-refractivity contribution in [1.29, 1.82) is 0 Å². The second kappa shape index (κ2) is 7.65. The third-order valence-electron chi connectivity index (χ3n) is 2.61. The van der Waals surface area contributed by atoms with Crippen LogP contribution in [-0.4, -0.2) is 26.2 Å². The van der Waals surface area contributed by atoms with Gasteiger partial charge in [0, 0.05) is 23.1 Å². The molecule has 0 saturated heterocycles. The van der Waals surface area contributed by atoms with Crippen LogP contribution in [0.4, 0.5) is 0 Å². The molecular formula is C13H18ClNO3S. The molecule has 0 spiro atoms. The van der Waals surface area contributed by atoms with Gasteiger partial charge in [-0.15, -0.1) is 0 Å². The highest BCUT2D eigenvalue weighted by atomic mass is 35.5. The smallest absolute Gasteiger partial charge is 0.233 e. The van der Waals surface area contributed by atoms with E-state index < -0.39 is 10.0 Å². The van der Waals surface area contributed by atoms with E-state index in [1.54, 1.807) is 24.3 Å². The van der Waals surface area contributed by atoms with Crippen LogP contribution in [0, 0.1) is 0 Å². The minimum Gasteiger partial charge on any atom is -0.396 e. The fourth-order valence-corrected chi connectivity index (χ4v) is 2.81. The first-order valence-corrected chi connectivity index (χ1v) is 7.96. The zero-order valence-corrected chi connectivity index (χ0v) is 12.3. The molecule has 0 bridgehead atoms. The van der Waals surface area contributed by atoms with Gasteiger partial charge in [-0.1, -0.05) is 30.7 Å². The number of rotatable bonds is 7. The Hall–Kier alpha value is -0.880. The highest BCUT2D eigenvalue weighted by Gasteiger charge is 2.12. The number of aliphatic hydroxyl groups excluding tert-OH is 1. The number of aliphatic hydroxyl groups is 1. The van der Waals surface area contributed by atoms with Crippen LogP contribution >= 0.6 is 11.6 Å². The fraction of sp³-hybridized carbons (Fsp3) is 0.385. The van der Waals surface area contributed by atoms with Crippen LogP contribution in [0.15, 0.2) is 29.7 Å². The molecule has 6 heteroatoms. The van der Waals surface area contributed by atoms with E-state index in [0.29, 0.717) is 17.9 Å². The summed E-state index contributed by atoms with van der Waals surface area (Å²) in [6.07, 6.45) is 2.55. The SMILES string of the molecule is CCC(CCO)NS(=O)(=O)/C=C/c1ccc(Cl)cc1. The van der Waals surface area contributed by atoms with Crippen molar-refractivity contribution in [2.45, 2.75) is 25.8 Å². The van der Waals surface area contributed by atoms with Gasteiger partial charge in [-0.05, 0) is 36.6 Å². The molecule has 0 aliphatic rings. The van der Waals surface area contributed by atoms with Crippen molar-refractivity contribution < 1.29 is 13.5 Å². The van der Waals surface area contributed by atoms with E-state index >= 15 is 0 Å². The molecule has 0 aromatic heterocycles. The van der Waals surface area contributed by atoms with Gasteiger partial charge >= 0.3 is 0 Å². The monoisotopic (exact) mass is 303 g/mol. The molecule has 106 valence electrons. The van der Waals surface area contributed by atoms with E-state index in [0.717, 1.165) is 11.0 Å². The maximum Gasteiger partial charge on any atom is 0.233 e. The maximum absolute atomic E-state index is 11.8. The normalized spacial score (nSPS) is 13.8. The molecule has 19 heavy (non-hydrogen) atoms. The van der Waals surface area contributed by atoms with Gasteiger partial charge in [0.1, 0.15) is 0 Å². The molecule has 0 saturated carbocycles. The van der Waals surface area contributed by atoms with E-state index in [2.05, 4.69) is 4.72 Å². The third-order valence-corrected chi connectivity index (χ3v) is 4.02. The highest BCUT2D eigenvalue weighted by molar-refractivity contribution is 7.92. The second-order valence-electron chi connectivity index (χ2n) is 4.13. The summed E-state index contributed by atoms with van der Waals surface area (Å²) in [4.78, 5) is 0. The molecule has 0 aliphatic carbocycles. The maximum atomic E-state index is 11.8. The first-order chi connectivity index (χ1) is 8.96. The van der Waals surface area contributed by atoms with Crippen molar-refractivity contribution >= 4 is 27.7 Å². The fourth-order valence-electron chi connectivity index (χ4n) is 1.52. The van der Waals surface area contributed by atoms with E-state index in [-0.39, 0.29) is 12.6 Å². The van der Waals surface area contributed by atoms with Gasteiger partial charge in [-0.3, -0.25) is 0 Å². The first-order valence-electron chi connectivity index (χ1n) is 6.03. The molecule has 0 amide bonds. The number of hydrogen-bond acceptors (Lipinski definition) is 3. The van der Waals surface area contributed by atoms with Gasteiger partial charge < -0.3 is 5.11 Å². The number of hydrogen-bond donors (Lipinski definition) is 2. The van der Waals surface area contributed by atoms with Crippen LogP contribution < -0.4 is 4.72 Å². The number of sulfonamides is 1. The Morgan fingerprint density at radius 2 is 2.00 bits per heavy atom. The van der Waals surface area contributed by atoms with Crippen molar-refractivity contribution in [2.75, 3.05) is 6.61 Å². The van der Waals surface area contributed by atoms with Gasteiger partial charge in [0.15, 0.2) is 0 Å². The minimum atomic E-state index is -3.50. The van der Waals surface area contributed by atoms with E-state index in [4.69, 9.17) is 16.7 Å². The molecule has 0 aliphatic heterocycles. The second-order valence-corrected chi connectivity index (χ2v) is 6.17. The summed E-state index contributed by atoms with van der Waals surface area (Å²) in [5, 5.41) is 10.6. The van der Waals surface area contributed by atoms with Gasteiger partial charge in [0.25, 0.3) is 0 Å². The third kappa shape index (κ3) is 6.20. The lowest BCUT2D eigenvalue weighted by atomic mass is 10.2. The van der Waals surface area contributed by atoms with Crippen LogP contribution in [0.3, 0.4) is 0 Å². The average Bonchev–Trinajstić information content (AvgIpc) is 2.37. The lowest BCUT2D eigenvalue weighted by Gasteiger charge is -2.13. The Morgan fingerprint density at radius 1 is 1.37 bits per heavy atom. The van der Waals surface area contributed by atoms with Gasteiger partial charge in [-0.2, -0.15) is 0 Å². The van der Waals surface area contributed by atoms with E-state index in [1.165, 1.54) is 6.08 Å². The van der Waals surface area contributed by atoms with Gasteiger partial charge in [0.2, 0.25) is 10.0 Å².